The summed E-state index contributed by atoms with van der Waals surface area (Å²) in [5, 5.41) is 8.95. The van der Waals surface area contributed by atoms with Crippen molar-refractivity contribution < 1.29 is 14.6 Å². The molecule has 20 heavy (non-hydrogen) atoms. The van der Waals surface area contributed by atoms with E-state index in [0.29, 0.717) is 24.8 Å². The Morgan fingerprint density at radius 3 is 2.40 bits per heavy atom. The van der Waals surface area contributed by atoms with Gasteiger partial charge in [0, 0.05) is 13.1 Å². The first-order valence-corrected chi connectivity index (χ1v) is 7.19. The Morgan fingerprint density at radius 1 is 1.25 bits per heavy atom. The molecule has 0 bridgehead atoms. The zero-order chi connectivity index (χ0) is 15.0. The average molecular weight is 279 g/mol. The molecule has 1 aromatic rings. The fourth-order valence-corrected chi connectivity index (χ4v) is 1.94. The van der Waals surface area contributed by atoms with Gasteiger partial charge in [0.15, 0.2) is 6.61 Å². The van der Waals surface area contributed by atoms with Gasteiger partial charge in [0.25, 0.3) is 5.91 Å². The molecule has 1 amide bonds. The van der Waals surface area contributed by atoms with Crippen LogP contribution in [0.4, 0.5) is 0 Å². The van der Waals surface area contributed by atoms with Gasteiger partial charge in [-0.05, 0) is 30.0 Å². The Hall–Kier alpha value is -1.55. The lowest BCUT2D eigenvalue weighted by atomic mass is 10.0. The van der Waals surface area contributed by atoms with Crippen LogP contribution < -0.4 is 4.74 Å². The number of rotatable bonds is 8. The summed E-state index contributed by atoms with van der Waals surface area (Å²) in [4.78, 5) is 13.6. The van der Waals surface area contributed by atoms with Gasteiger partial charge in [-0.3, -0.25) is 4.79 Å². The predicted molar refractivity (Wildman–Crippen MR) is 80.0 cm³/mol. The minimum Gasteiger partial charge on any atom is -0.484 e. The quantitative estimate of drug-likeness (QED) is 0.795. The molecule has 0 aliphatic heterocycles. The van der Waals surface area contributed by atoms with Crippen LogP contribution in [0.1, 0.15) is 38.7 Å². The second-order valence-corrected chi connectivity index (χ2v) is 5.12. The number of benzene rings is 1. The highest BCUT2D eigenvalue weighted by molar-refractivity contribution is 5.77. The molecule has 0 saturated heterocycles. The Bertz CT molecular complexity index is 395. The summed E-state index contributed by atoms with van der Waals surface area (Å²) in [6.45, 7) is 7.28. The Balaban J connectivity index is 2.50. The van der Waals surface area contributed by atoms with Gasteiger partial charge in [-0.15, -0.1) is 0 Å². The van der Waals surface area contributed by atoms with Crippen molar-refractivity contribution in [3.63, 3.8) is 0 Å². The molecule has 0 radical (unpaired) electrons. The van der Waals surface area contributed by atoms with E-state index in [1.54, 1.807) is 4.90 Å². The maximum Gasteiger partial charge on any atom is 0.260 e. The molecule has 0 unspecified atom stereocenters. The van der Waals surface area contributed by atoms with Gasteiger partial charge in [0.1, 0.15) is 5.75 Å². The number of amides is 1. The molecule has 112 valence electrons. The van der Waals surface area contributed by atoms with Gasteiger partial charge in [-0.1, -0.05) is 32.9 Å². The van der Waals surface area contributed by atoms with E-state index in [1.807, 2.05) is 31.2 Å². The summed E-state index contributed by atoms with van der Waals surface area (Å²) in [5.74, 6) is 1.09. The molecule has 1 aromatic carbocycles. The Morgan fingerprint density at radius 2 is 1.90 bits per heavy atom. The van der Waals surface area contributed by atoms with Crippen molar-refractivity contribution in [1.29, 1.82) is 0 Å². The van der Waals surface area contributed by atoms with E-state index < -0.39 is 0 Å². The van der Waals surface area contributed by atoms with Crippen LogP contribution in [0.15, 0.2) is 24.3 Å². The van der Waals surface area contributed by atoms with Gasteiger partial charge in [-0.2, -0.15) is 0 Å². The molecule has 0 heterocycles. The summed E-state index contributed by atoms with van der Waals surface area (Å²) in [6.07, 6.45) is 0.870. The Labute approximate surface area is 121 Å². The van der Waals surface area contributed by atoms with E-state index in [4.69, 9.17) is 9.84 Å². The number of ether oxygens (including phenoxy) is 1. The fraction of sp³-hybridized carbons (Fsp3) is 0.562. The van der Waals surface area contributed by atoms with Gasteiger partial charge >= 0.3 is 0 Å². The molecule has 1 rings (SSSR count). The monoisotopic (exact) mass is 279 g/mol. The summed E-state index contributed by atoms with van der Waals surface area (Å²) >= 11 is 0. The first-order chi connectivity index (χ1) is 9.58. The highest BCUT2D eigenvalue weighted by atomic mass is 16.5. The van der Waals surface area contributed by atoms with Crippen LogP contribution in [0.25, 0.3) is 0 Å². The number of carbonyl (C=O) groups excluding carboxylic acids is 1. The van der Waals surface area contributed by atoms with Crippen molar-refractivity contribution in [1.82, 2.24) is 4.90 Å². The van der Waals surface area contributed by atoms with E-state index in [-0.39, 0.29) is 19.1 Å². The van der Waals surface area contributed by atoms with Gasteiger partial charge in [0.05, 0.1) is 6.61 Å². The topological polar surface area (TPSA) is 49.8 Å². The molecule has 0 aromatic heterocycles. The molecule has 1 N–H and O–H groups in total. The van der Waals surface area contributed by atoms with Crippen molar-refractivity contribution in [3.8, 4) is 5.75 Å². The summed E-state index contributed by atoms with van der Waals surface area (Å²) in [5.41, 5.74) is 1.25. The van der Waals surface area contributed by atoms with E-state index in [0.717, 1.165) is 6.42 Å². The van der Waals surface area contributed by atoms with Crippen LogP contribution in [-0.4, -0.2) is 42.2 Å². The minimum absolute atomic E-state index is 0.0149. The molecular formula is C16H25NO3. The molecule has 0 atom stereocenters. The minimum atomic E-state index is -0.0890. The maximum atomic E-state index is 12.0. The zero-order valence-electron chi connectivity index (χ0n) is 12.6. The van der Waals surface area contributed by atoms with Crippen LogP contribution >= 0.6 is 0 Å². The number of nitrogens with zero attached hydrogens (tertiary/aromatic N) is 1. The lowest BCUT2D eigenvalue weighted by Gasteiger charge is -2.21. The number of carbonyl (C=O) groups is 1. The zero-order valence-corrected chi connectivity index (χ0v) is 12.6. The molecule has 0 saturated carbocycles. The Kier molecular flexibility index (Phi) is 7.09. The van der Waals surface area contributed by atoms with Crippen LogP contribution in [0.2, 0.25) is 0 Å². The largest absolute Gasteiger partial charge is 0.484 e. The van der Waals surface area contributed by atoms with Crippen LogP contribution in [0.3, 0.4) is 0 Å². The second kappa shape index (κ2) is 8.59. The summed E-state index contributed by atoms with van der Waals surface area (Å²) in [6, 6.07) is 7.81. The molecule has 4 heteroatoms. The first-order valence-electron chi connectivity index (χ1n) is 7.19. The normalized spacial score (nSPS) is 10.7. The smallest absolute Gasteiger partial charge is 0.260 e. The van der Waals surface area contributed by atoms with Crippen molar-refractivity contribution in [2.45, 2.75) is 33.1 Å². The third kappa shape index (κ3) is 5.21. The van der Waals surface area contributed by atoms with Gasteiger partial charge in [0.2, 0.25) is 0 Å². The van der Waals surface area contributed by atoms with Crippen molar-refractivity contribution in [2.75, 3.05) is 26.3 Å². The molecular weight excluding hydrogens is 254 g/mol. The molecule has 0 spiro atoms. The number of aliphatic hydroxyl groups excluding tert-OH is 1. The van der Waals surface area contributed by atoms with Crippen LogP contribution in [0, 0.1) is 0 Å². The SMILES string of the molecule is CCCN(CCO)C(=O)COc1ccc(C(C)C)cc1. The van der Waals surface area contributed by atoms with Gasteiger partial charge < -0.3 is 14.7 Å². The lowest BCUT2D eigenvalue weighted by molar-refractivity contribution is -0.133. The molecule has 4 nitrogen and oxygen atoms in total. The first kappa shape index (κ1) is 16.5. The summed E-state index contributed by atoms with van der Waals surface area (Å²) in [7, 11) is 0. The highest BCUT2D eigenvalue weighted by Crippen LogP contribution is 2.18. The highest BCUT2D eigenvalue weighted by Gasteiger charge is 2.12. The van der Waals surface area contributed by atoms with Crippen LogP contribution in [-0.2, 0) is 4.79 Å². The lowest BCUT2D eigenvalue weighted by Crippen LogP contribution is -2.37. The number of hydrogen-bond acceptors (Lipinski definition) is 3. The molecule has 0 aliphatic rings. The summed E-state index contributed by atoms with van der Waals surface area (Å²) < 4.78 is 5.50. The fourth-order valence-electron chi connectivity index (χ4n) is 1.94. The standard InChI is InChI=1S/C16H25NO3/c1-4-9-17(10-11-18)16(19)12-20-15-7-5-14(6-8-15)13(2)3/h5-8,13,18H,4,9-12H2,1-3H3. The molecule has 0 fully saturated rings. The second-order valence-electron chi connectivity index (χ2n) is 5.12. The average Bonchev–Trinajstić information content (AvgIpc) is 2.45. The van der Waals surface area contributed by atoms with E-state index in [1.165, 1.54) is 5.56 Å². The predicted octanol–water partition coefficient (Wildman–Crippen LogP) is 2.42. The molecule has 0 aliphatic carbocycles. The number of aliphatic hydroxyl groups is 1. The van der Waals surface area contributed by atoms with Crippen molar-refractivity contribution in [2.24, 2.45) is 0 Å². The van der Waals surface area contributed by atoms with E-state index in [2.05, 4.69) is 13.8 Å². The third-order valence-electron chi connectivity index (χ3n) is 3.13. The van der Waals surface area contributed by atoms with Crippen LogP contribution in [0.5, 0.6) is 5.75 Å². The number of hydrogen-bond donors (Lipinski definition) is 1. The van der Waals surface area contributed by atoms with E-state index >= 15 is 0 Å². The maximum absolute atomic E-state index is 12.0. The van der Waals surface area contributed by atoms with Crippen molar-refractivity contribution >= 4 is 5.91 Å². The van der Waals surface area contributed by atoms with E-state index in [9.17, 15) is 4.79 Å². The third-order valence-corrected chi connectivity index (χ3v) is 3.13. The van der Waals surface area contributed by atoms with Crippen molar-refractivity contribution in [3.05, 3.63) is 29.8 Å². The van der Waals surface area contributed by atoms with Gasteiger partial charge in [-0.25, -0.2) is 0 Å².